The van der Waals surface area contributed by atoms with Crippen LogP contribution in [0.2, 0.25) is 0 Å². The van der Waals surface area contributed by atoms with Gasteiger partial charge >= 0.3 is 0 Å². The van der Waals surface area contributed by atoms with Gasteiger partial charge in [-0.1, -0.05) is 13.3 Å². The predicted octanol–water partition coefficient (Wildman–Crippen LogP) is 1.36. The van der Waals surface area contributed by atoms with E-state index < -0.39 is 0 Å². The van der Waals surface area contributed by atoms with Crippen LogP contribution in [0.3, 0.4) is 0 Å². The zero-order chi connectivity index (χ0) is 16.8. The van der Waals surface area contributed by atoms with Gasteiger partial charge in [-0.2, -0.15) is 5.10 Å². The van der Waals surface area contributed by atoms with Gasteiger partial charge in [0.05, 0.1) is 6.54 Å². The lowest BCUT2D eigenvalue weighted by Crippen LogP contribution is -2.39. The normalized spacial score (nSPS) is 17.8. The Kier molecular flexibility index (Phi) is 5.68. The van der Waals surface area contributed by atoms with Crippen molar-refractivity contribution in [2.45, 2.75) is 51.7 Å². The van der Waals surface area contributed by atoms with Crippen LogP contribution in [0.1, 0.15) is 38.4 Å². The summed E-state index contributed by atoms with van der Waals surface area (Å²) >= 11 is 0. The number of unbranched alkanes of at least 4 members (excludes halogenated alkanes) is 1. The van der Waals surface area contributed by atoms with Gasteiger partial charge in [-0.25, -0.2) is 4.68 Å². The highest BCUT2D eigenvalue weighted by molar-refractivity contribution is 5.39. The molecule has 1 atom stereocenters. The first-order valence-electron chi connectivity index (χ1n) is 8.76. The number of hydrogen-bond donors (Lipinski definition) is 0. The second-order valence-electron chi connectivity index (χ2n) is 6.44. The summed E-state index contributed by atoms with van der Waals surface area (Å²) in [5.74, 6) is 1.91. The van der Waals surface area contributed by atoms with Crippen LogP contribution < -0.4 is 4.90 Å². The molecule has 8 nitrogen and oxygen atoms in total. The van der Waals surface area contributed by atoms with Crippen molar-refractivity contribution < 1.29 is 0 Å². The van der Waals surface area contributed by atoms with Gasteiger partial charge in [-0.15, -0.1) is 10.2 Å². The fraction of sp³-hybridized carbons (Fsp3) is 0.688. The molecule has 0 radical (unpaired) electrons. The molecule has 130 valence electrons. The summed E-state index contributed by atoms with van der Waals surface area (Å²) in [6.45, 7) is 5.85. The zero-order valence-corrected chi connectivity index (χ0v) is 14.5. The molecule has 0 aliphatic carbocycles. The van der Waals surface area contributed by atoms with Crippen molar-refractivity contribution in [2.24, 2.45) is 0 Å². The van der Waals surface area contributed by atoms with Crippen LogP contribution >= 0.6 is 0 Å². The van der Waals surface area contributed by atoms with Crippen LogP contribution in [0.5, 0.6) is 0 Å². The van der Waals surface area contributed by atoms with Crippen molar-refractivity contribution in [3.05, 3.63) is 24.2 Å². The van der Waals surface area contributed by atoms with E-state index in [1.54, 1.807) is 6.20 Å². The molecule has 1 aliphatic heterocycles. The van der Waals surface area contributed by atoms with Gasteiger partial charge in [-0.05, 0) is 48.9 Å². The Balaban J connectivity index is 1.58. The molecule has 0 spiro atoms. The average Bonchev–Trinajstić information content (AvgIpc) is 3.23. The molecule has 0 aromatic carbocycles. The molecule has 3 rings (SSSR count). The number of tetrazole rings is 1. The molecule has 1 aliphatic rings. The number of hydrogen-bond acceptors (Lipinski definition) is 7. The molecular formula is C16H26N8. The maximum absolute atomic E-state index is 4.26. The van der Waals surface area contributed by atoms with Crippen molar-refractivity contribution in [3.63, 3.8) is 0 Å². The van der Waals surface area contributed by atoms with Crippen LogP contribution in [-0.2, 0) is 13.1 Å². The predicted molar refractivity (Wildman–Crippen MR) is 91.5 cm³/mol. The van der Waals surface area contributed by atoms with Gasteiger partial charge in [0, 0.05) is 31.9 Å². The highest BCUT2D eigenvalue weighted by atomic mass is 15.5. The maximum atomic E-state index is 4.26. The van der Waals surface area contributed by atoms with E-state index in [1.807, 2.05) is 16.8 Å². The van der Waals surface area contributed by atoms with Crippen LogP contribution in [0.15, 0.2) is 18.3 Å². The summed E-state index contributed by atoms with van der Waals surface area (Å²) in [5, 5.41) is 20.4. The SMILES string of the molecule is CCCCn1nnnc1CN(C)C[C@@H]1CCCN1c1cccnn1. The molecule has 0 bridgehead atoms. The fourth-order valence-electron chi connectivity index (χ4n) is 3.26. The Labute approximate surface area is 142 Å². The first-order valence-corrected chi connectivity index (χ1v) is 8.76. The third-order valence-electron chi connectivity index (χ3n) is 4.49. The first kappa shape index (κ1) is 16.8. The Morgan fingerprint density at radius 3 is 3.04 bits per heavy atom. The lowest BCUT2D eigenvalue weighted by atomic mass is 10.2. The third kappa shape index (κ3) is 4.05. The minimum absolute atomic E-state index is 0.465. The third-order valence-corrected chi connectivity index (χ3v) is 4.49. The number of likely N-dealkylation sites (N-methyl/N-ethyl adjacent to an activating group) is 1. The Hall–Kier alpha value is -2.09. The molecule has 1 saturated heterocycles. The summed E-state index contributed by atoms with van der Waals surface area (Å²) in [5.41, 5.74) is 0. The second kappa shape index (κ2) is 8.14. The molecule has 0 amide bonds. The van der Waals surface area contributed by atoms with Gasteiger partial charge in [0.1, 0.15) is 0 Å². The van der Waals surface area contributed by atoms with E-state index in [1.165, 1.54) is 12.8 Å². The van der Waals surface area contributed by atoms with E-state index >= 15 is 0 Å². The molecule has 3 heterocycles. The Morgan fingerprint density at radius 1 is 1.33 bits per heavy atom. The van der Waals surface area contributed by atoms with E-state index in [4.69, 9.17) is 0 Å². The number of nitrogens with zero attached hydrogens (tertiary/aromatic N) is 8. The Morgan fingerprint density at radius 2 is 2.25 bits per heavy atom. The molecule has 0 saturated carbocycles. The monoisotopic (exact) mass is 330 g/mol. The number of rotatable bonds is 8. The van der Waals surface area contributed by atoms with Crippen molar-refractivity contribution in [1.29, 1.82) is 0 Å². The van der Waals surface area contributed by atoms with Crippen molar-refractivity contribution in [1.82, 2.24) is 35.3 Å². The quantitative estimate of drug-likeness (QED) is 0.723. The maximum Gasteiger partial charge on any atom is 0.165 e. The van der Waals surface area contributed by atoms with Crippen LogP contribution in [-0.4, -0.2) is 61.5 Å². The highest BCUT2D eigenvalue weighted by Crippen LogP contribution is 2.23. The number of aromatic nitrogens is 6. The minimum atomic E-state index is 0.465. The summed E-state index contributed by atoms with van der Waals surface area (Å²) in [4.78, 5) is 4.66. The van der Waals surface area contributed by atoms with Gasteiger partial charge in [0.25, 0.3) is 0 Å². The van der Waals surface area contributed by atoms with Gasteiger partial charge in [0.2, 0.25) is 0 Å². The van der Waals surface area contributed by atoms with Crippen molar-refractivity contribution in [3.8, 4) is 0 Å². The average molecular weight is 330 g/mol. The molecule has 0 unspecified atom stereocenters. The van der Waals surface area contributed by atoms with E-state index in [9.17, 15) is 0 Å². The lowest BCUT2D eigenvalue weighted by Gasteiger charge is -2.28. The van der Waals surface area contributed by atoms with E-state index in [-0.39, 0.29) is 0 Å². The molecular weight excluding hydrogens is 304 g/mol. The summed E-state index contributed by atoms with van der Waals surface area (Å²) < 4.78 is 1.93. The van der Waals surface area contributed by atoms with Crippen LogP contribution in [0, 0.1) is 0 Å². The number of anilines is 1. The second-order valence-corrected chi connectivity index (χ2v) is 6.44. The van der Waals surface area contributed by atoms with Crippen molar-refractivity contribution >= 4 is 5.82 Å². The standard InChI is InChI=1S/C16H26N8/c1-3-4-11-24-16(19-20-21-24)13-22(2)12-14-7-6-10-23(14)15-8-5-9-17-18-15/h5,8-9,14H,3-4,6-7,10-13H2,1-2H3/t14-/m0/s1. The van der Waals surface area contributed by atoms with Gasteiger partial charge < -0.3 is 4.90 Å². The van der Waals surface area contributed by atoms with E-state index in [0.29, 0.717) is 6.04 Å². The molecule has 2 aromatic rings. The fourth-order valence-corrected chi connectivity index (χ4v) is 3.26. The first-order chi connectivity index (χ1) is 11.8. The van der Waals surface area contributed by atoms with Crippen LogP contribution in [0.4, 0.5) is 5.82 Å². The summed E-state index contributed by atoms with van der Waals surface area (Å²) in [7, 11) is 2.13. The molecule has 2 aromatic heterocycles. The van der Waals surface area contributed by atoms with E-state index in [0.717, 1.165) is 50.7 Å². The topological polar surface area (TPSA) is 75.9 Å². The Bertz CT molecular complexity index is 614. The molecule has 0 N–H and O–H groups in total. The smallest absolute Gasteiger partial charge is 0.165 e. The molecule has 24 heavy (non-hydrogen) atoms. The summed E-state index contributed by atoms with van der Waals surface area (Å²) in [6, 6.07) is 4.45. The van der Waals surface area contributed by atoms with E-state index in [2.05, 4.69) is 49.5 Å². The largest absolute Gasteiger partial charge is 0.351 e. The summed E-state index contributed by atoms with van der Waals surface area (Å²) in [6.07, 6.45) is 6.34. The van der Waals surface area contributed by atoms with Crippen molar-refractivity contribution in [2.75, 3.05) is 25.0 Å². The molecule has 1 fully saturated rings. The number of aryl methyl sites for hydroxylation is 1. The lowest BCUT2D eigenvalue weighted by molar-refractivity contribution is 0.288. The minimum Gasteiger partial charge on any atom is -0.351 e. The highest BCUT2D eigenvalue weighted by Gasteiger charge is 2.27. The zero-order valence-electron chi connectivity index (χ0n) is 14.5. The van der Waals surface area contributed by atoms with Gasteiger partial charge in [0.15, 0.2) is 11.6 Å². The van der Waals surface area contributed by atoms with Crippen LogP contribution in [0.25, 0.3) is 0 Å². The van der Waals surface area contributed by atoms with Gasteiger partial charge in [-0.3, -0.25) is 4.90 Å². The molecule has 8 heteroatoms.